The van der Waals surface area contributed by atoms with Gasteiger partial charge in [-0.05, 0) is 29.7 Å². The van der Waals surface area contributed by atoms with E-state index in [0.717, 1.165) is 10.8 Å². The number of benzene rings is 2. The molecule has 3 rings (SSSR count). The highest BCUT2D eigenvalue weighted by atomic mass is 19.1. The van der Waals surface area contributed by atoms with Crippen molar-refractivity contribution in [1.29, 1.82) is 0 Å². The van der Waals surface area contributed by atoms with E-state index in [-0.39, 0.29) is 12.4 Å². The van der Waals surface area contributed by atoms with Crippen molar-refractivity contribution in [2.24, 2.45) is 0 Å². The van der Waals surface area contributed by atoms with E-state index in [4.69, 9.17) is 0 Å². The molecule has 0 aliphatic rings. The minimum absolute atomic E-state index is 0.130. The van der Waals surface area contributed by atoms with Crippen LogP contribution in [-0.4, -0.2) is 17.1 Å². The van der Waals surface area contributed by atoms with E-state index in [0.29, 0.717) is 17.2 Å². The molecule has 0 saturated carbocycles. The second kappa shape index (κ2) is 5.50. The van der Waals surface area contributed by atoms with E-state index in [9.17, 15) is 9.50 Å². The van der Waals surface area contributed by atoms with Crippen LogP contribution >= 0.6 is 0 Å². The van der Waals surface area contributed by atoms with E-state index in [1.165, 1.54) is 12.1 Å². The highest BCUT2D eigenvalue weighted by Gasteiger charge is 2.12. The number of aliphatic hydroxyl groups is 1. The third-order valence-electron chi connectivity index (χ3n) is 3.45. The average molecular weight is 282 g/mol. The number of halogens is 1. The maximum absolute atomic E-state index is 13.4. The molecule has 0 amide bonds. The zero-order chi connectivity index (χ0) is 14.8. The molecule has 0 spiro atoms. The van der Waals surface area contributed by atoms with Gasteiger partial charge in [0.25, 0.3) is 0 Å². The van der Waals surface area contributed by atoms with Gasteiger partial charge in [-0.2, -0.15) is 0 Å². The first-order valence-corrected chi connectivity index (χ1v) is 6.68. The Labute approximate surface area is 122 Å². The molecule has 21 heavy (non-hydrogen) atoms. The topological polar surface area (TPSA) is 36.4 Å². The van der Waals surface area contributed by atoms with E-state index in [2.05, 4.69) is 4.98 Å². The maximum atomic E-state index is 13.4. The van der Waals surface area contributed by atoms with Gasteiger partial charge in [0.1, 0.15) is 11.6 Å². The molecule has 0 aliphatic heterocycles. The Hall–Kier alpha value is -2.46. The van der Waals surface area contributed by atoms with Gasteiger partial charge in [-0.25, -0.2) is 9.37 Å². The predicted molar refractivity (Wildman–Crippen MR) is 82.1 cm³/mol. The molecule has 0 saturated heterocycles. The molecule has 1 heterocycles. The molecule has 0 radical (unpaired) electrons. The lowest BCUT2D eigenvalue weighted by molar-refractivity contribution is 0.277. The van der Waals surface area contributed by atoms with Crippen molar-refractivity contribution in [1.82, 2.24) is 4.98 Å². The molecular weight excluding hydrogens is 267 g/mol. The minimum Gasteiger partial charge on any atom is -0.390 e. The molecule has 0 unspecified atom stereocenters. The summed E-state index contributed by atoms with van der Waals surface area (Å²) in [7, 11) is 1.84. The van der Waals surface area contributed by atoms with Crippen LogP contribution in [0.25, 0.3) is 10.8 Å². The molecule has 0 atom stereocenters. The standard InChI is InChI=1S/C17H15FN2O/c1-20(15-7-4-6-13(18)10-15)17-16-8-3-2-5-12(16)9-14(11-21)19-17/h2-10,21H,11H2,1H3. The Morgan fingerprint density at radius 2 is 1.90 bits per heavy atom. The lowest BCUT2D eigenvalue weighted by atomic mass is 10.1. The monoisotopic (exact) mass is 282 g/mol. The number of anilines is 2. The average Bonchev–Trinajstić information content (AvgIpc) is 2.53. The summed E-state index contributed by atoms with van der Waals surface area (Å²) in [5.41, 5.74) is 1.30. The van der Waals surface area contributed by atoms with Gasteiger partial charge in [0.05, 0.1) is 12.3 Å². The Bertz CT molecular complexity index is 789. The van der Waals surface area contributed by atoms with E-state index in [1.54, 1.807) is 6.07 Å². The molecule has 1 aromatic heterocycles. The Morgan fingerprint density at radius 1 is 1.10 bits per heavy atom. The van der Waals surface area contributed by atoms with E-state index >= 15 is 0 Å². The fourth-order valence-corrected chi connectivity index (χ4v) is 2.38. The summed E-state index contributed by atoms with van der Waals surface area (Å²) in [4.78, 5) is 6.30. The highest BCUT2D eigenvalue weighted by Crippen LogP contribution is 2.30. The Kier molecular flexibility index (Phi) is 3.54. The first-order chi connectivity index (χ1) is 10.2. The summed E-state index contributed by atoms with van der Waals surface area (Å²) < 4.78 is 13.4. The lowest BCUT2D eigenvalue weighted by Gasteiger charge is -2.21. The van der Waals surface area contributed by atoms with Crippen molar-refractivity contribution < 1.29 is 9.50 Å². The second-order valence-corrected chi connectivity index (χ2v) is 4.86. The molecule has 3 nitrogen and oxygen atoms in total. The SMILES string of the molecule is CN(c1cccc(F)c1)c1nc(CO)cc2ccccc12. The number of aliphatic hydroxyl groups excluding tert-OH is 1. The van der Waals surface area contributed by atoms with Crippen molar-refractivity contribution >= 4 is 22.3 Å². The quantitative estimate of drug-likeness (QED) is 0.797. The van der Waals surface area contributed by atoms with Gasteiger partial charge in [0.15, 0.2) is 0 Å². The zero-order valence-corrected chi connectivity index (χ0v) is 11.6. The fraction of sp³-hybridized carbons (Fsp3) is 0.118. The first kappa shape index (κ1) is 13.5. The van der Waals surface area contributed by atoms with Crippen molar-refractivity contribution in [2.45, 2.75) is 6.61 Å². The van der Waals surface area contributed by atoms with Gasteiger partial charge < -0.3 is 10.0 Å². The normalized spacial score (nSPS) is 10.8. The van der Waals surface area contributed by atoms with Crippen LogP contribution in [0.1, 0.15) is 5.69 Å². The molecule has 2 aromatic carbocycles. The first-order valence-electron chi connectivity index (χ1n) is 6.68. The van der Waals surface area contributed by atoms with Crippen LogP contribution in [0.2, 0.25) is 0 Å². The number of hydrogen-bond acceptors (Lipinski definition) is 3. The molecule has 4 heteroatoms. The van der Waals surface area contributed by atoms with Gasteiger partial charge in [0, 0.05) is 18.1 Å². The number of pyridine rings is 1. The Balaban J connectivity index is 2.18. The van der Waals surface area contributed by atoms with Gasteiger partial charge in [0.2, 0.25) is 0 Å². The van der Waals surface area contributed by atoms with E-state index in [1.807, 2.05) is 48.3 Å². The molecule has 0 aliphatic carbocycles. The minimum atomic E-state index is -0.290. The summed E-state index contributed by atoms with van der Waals surface area (Å²) in [5, 5.41) is 11.3. The summed E-state index contributed by atoms with van der Waals surface area (Å²) in [6.45, 7) is -0.130. The molecule has 3 aromatic rings. The van der Waals surface area contributed by atoms with Crippen molar-refractivity contribution in [3.05, 3.63) is 66.1 Å². The van der Waals surface area contributed by atoms with E-state index < -0.39 is 0 Å². The molecular formula is C17H15FN2O. The highest BCUT2D eigenvalue weighted by molar-refractivity contribution is 5.94. The smallest absolute Gasteiger partial charge is 0.141 e. The van der Waals surface area contributed by atoms with Gasteiger partial charge >= 0.3 is 0 Å². The molecule has 1 N–H and O–H groups in total. The lowest BCUT2D eigenvalue weighted by Crippen LogP contribution is -2.13. The fourth-order valence-electron chi connectivity index (χ4n) is 2.38. The van der Waals surface area contributed by atoms with Crippen LogP contribution in [0.3, 0.4) is 0 Å². The maximum Gasteiger partial charge on any atom is 0.141 e. The van der Waals surface area contributed by atoms with Gasteiger partial charge in [-0.3, -0.25) is 0 Å². The molecule has 0 fully saturated rings. The number of fused-ring (bicyclic) bond motifs is 1. The van der Waals surface area contributed by atoms with Crippen molar-refractivity contribution in [3.8, 4) is 0 Å². The largest absolute Gasteiger partial charge is 0.390 e. The van der Waals surface area contributed by atoms with Crippen LogP contribution in [-0.2, 0) is 6.61 Å². The van der Waals surface area contributed by atoms with Gasteiger partial charge in [-0.15, -0.1) is 0 Å². The Morgan fingerprint density at radius 3 is 2.67 bits per heavy atom. The third kappa shape index (κ3) is 2.58. The van der Waals surface area contributed by atoms with Gasteiger partial charge in [-0.1, -0.05) is 30.3 Å². The van der Waals surface area contributed by atoms with Crippen LogP contribution in [0.15, 0.2) is 54.6 Å². The zero-order valence-electron chi connectivity index (χ0n) is 11.6. The second-order valence-electron chi connectivity index (χ2n) is 4.86. The van der Waals surface area contributed by atoms with Crippen molar-refractivity contribution in [2.75, 3.05) is 11.9 Å². The van der Waals surface area contributed by atoms with Crippen LogP contribution < -0.4 is 4.90 Å². The van der Waals surface area contributed by atoms with Crippen LogP contribution in [0.5, 0.6) is 0 Å². The van der Waals surface area contributed by atoms with Crippen LogP contribution in [0.4, 0.5) is 15.9 Å². The number of hydrogen-bond donors (Lipinski definition) is 1. The summed E-state index contributed by atoms with van der Waals surface area (Å²) in [5.74, 6) is 0.407. The third-order valence-corrected chi connectivity index (χ3v) is 3.45. The van der Waals surface area contributed by atoms with Crippen LogP contribution in [0, 0.1) is 5.82 Å². The molecule has 106 valence electrons. The number of aromatic nitrogens is 1. The predicted octanol–water partition coefficient (Wildman–Crippen LogP) is 3.63. The summed E-state index contributed by atoms with van der Waals surface area (Å²) in [6, 6.07) is 16.0. The van der Waals surface area contributed by atoms with Crippen molar-refractivity contribution in [3.63, 3.8) is 0 Å². The summed E-state index contributed by atoms with van der Waals surface area (Å²) >= 11 is 0. The number of rotatable bonds is 3. The number of nitrogens with zero attached hydrogens (tertiary/aromatic N) is 2. The summed E-state index contributed by atoms with van der Waals surface area (Å²) in [6.07, 6.45) is 0. The molecule has 0 bridgehead atoms.